The highest BCUT2D eigenvalue weighted by Gasteiger charge is 2.34. The Balaban J connectivity index is 1.73. The predicted molar refractivity (Wildman–Crippen MR) is 85.0 cm³/mol. The molecule has 0 radical (unpaired) electrons. The molecule has 10 heteroatoms. The van der Waals surface area contributed by atoms with Crippen LogP contribution in [-0.2, 0) is 19.5 Å². The summed E-state index contributed by atoms with van der Waals surface area (Å²) in [5.74, 6) is -3.23. The van der Waals surface area contributed by atoms with E-state index in [1.165, 1.54) is 0 Å². The molecule has 3 rings (SSSR count). The van der Waals surface area contributed by atoms with Gasteiger partial charge in [0.15, 0.2) is 17.4 Å². The average Bonchev–Trinajstić information content (AvgIpc) is 3.06. The lowest BCUT2D eigenvalue weighted by Crippen LogP contribution is -2.37. The second-order valence-corrected chi connectivity index (χ2v) is 8.10. The van der Waals surface area contributed by atoms with Gasteiger partial charge in [0.25, 0.3) is 0 Å². The van der Waals surface area contributed by atoms with Crippen molar-refractivity contribution >= 4 is 10.0 Å². The van der Waals surface area contributed by atoms with E-state index in [-0.39, 0.29) is 26.1 Å². The number of hydrogen-bond acceptors (Lipinski definition) is 5. The summed E-state index contributed by atoms with van der Waals surface area (Å²) >= 11 is 0. The Kier molecular flexibility index (Phi) is 5.75. The van der Waals surface area contributed by atoms with Crippen molar-refractivity contribution in [3.63, 3.8) is 0 Å². The predicted octanol–water partition coefficient (Wildman–Crippen LogP) is 2.28. The van der Waals surface area contributed by atoms with Gasteiger partial charge in [0.1, 0.15) is 18.5 Å². The van der Waals surface area contributed by atoms with E-state index in [1.807, 2.05) is 0 Å². The van der Waals surface area contributed by atoms with Crippen LogP contribution < -0.4 is 9.46 Å². The molecule has 0 bridgehead atoms. The summed E-state index contributed by atoms with van der Waals surface area (Å²) in [6.45, 7) is 0.289. The summed E-state index contributed by atoms with van der Waals surface area (Å²) in [5.41, 5.74) is -1.73. The minimum atomic E-state index is -4.15. The highest BCUT2D eigenvalue weighted by molar-refractivity contribution is 7.89. The molecule has 2 fully saturated rings. The summed E-state index contributed by atoms with van der Waals surface area (Å²) in [6.07, 6.45) is 0.580. The molecule has 2 heterocycles. The van der Waals surface area contributed by atoms with Crippen molar-refractivity contribution in [2.75, 3.05) is 26.4 Å². The van der Waals surface area contributed by atoms with Gasteiger partial charge in [-0.1, -0.05) is 0 Å². The van der Waals surface area contributed by atoms with Crippen molar-refractivity contribution < 1.29 is 35.8 Å². The number of alkyl halides is 1. The summed E-state index contributed by atoms with van der Waals surface area (Å²) < 4.78 is 84.7. The second-order valence-electron chi connectivity index (χ2n) is 6.39. The molecule has 0 saturated carbocycles. The normalized spacial score (nSPS) is 23.1. The first kappa shape index (κ1) is 19.4. The van der Waals surface area contributed by atoms with Gasteiger partial charge in [-0.3, -0.25) is 0 Å². The fraction of sp³-hybridized carbons (Fsp3) is 0.625. The summed E-state index contributed by atoms with van der Waals surface area (Å²) in [7, 11) is -4.15. The van der Waals surface area contributed by atoms with Crippen molar-refractivity contribution in [1.29, 1.82) is 0 Å². The standard InChI is InChI=1S/C16H20F3NO5S/c17-12-8-11(26(21,22)20-14-2-1-5-24-14)9-13(18)15(12)25-10-16(19)3-6-23-7-4-16/h8-9,14,20H,1-7,10H2. The molecule has 1 aromatic carbocycles. The van der Waals surface area contributed by atoms with Crippen molar-refractivity contribution in [2.45, 2.75) is 42.5 Å². The number of sulfonamides is 1. The summed E-state index contributed by atoms with van der Waals surface area (Å²) in [6, 6.07) is 1.29. The van der Waals surface area contributed by atoms with Gasteiger partial charge in [-0.2, -0.15) is 4.72 Å². The third-order valence-electron chi connectivity index (χ3n) is 4.36. The molecule has 146 valence electrons. The zero-order valence-corrected chi connectivity index (χ0v) is 14.8. The number of halogens is 3. The van der Waals surface area contributed by atoms with E-state index in [0.717, 1.165) is 0 Å². The number of ether oxygens (including phenoxy) is 3. The van der Waals surface area contributed by atoms with Gasteiger partial charge in [-0.05, 0) is 25.0 Å². The molecular formula is C16H20F3NO5S. The topological polar surface area (TPSA) is 73.9 Å². The highest BCUT2D eigenvalue weighted by atomic mass is 32.2. The average molecular weight is 395 g/mol. The van der Waals surface area contributed by atoms with Crippen LogP contribution in [0.15, 0.2) is 17.0 Å². The van der Waals surface area contributed by atoms with Crippen LogP contribution in [0, 0.1) is 11.6 Å². The van der Waals surface area contributed by atoms with Crippen LogP contribution in [0.1, 0.15) is 25.7 Å². The van der Waals surface area contributed by atoms with Crippen LogP contribution in [0.3, 0.4) is 0 Å². The maximum absolute atomic E-state index is 14.4. The van der Waals surface area contributed by atoms with Gasteiger partial charge in [0.2, 0.25) is 10.0 Å². The van der Waals surface area contributed by atoms with Gasteiger partial charge in [-0.15, -0.1) is 0 Å². The Morgan fingerprint density at radius 1 is 1.19 bits per heavy atom. The van der Waals surface area contributed by atoms with Gasteiger partial charge >= 0.3 is 0 Å². The minimum Gasteiger partial charge on any atom is -0.484 e. The Bertz CT molecular complexity index is 723. The Morgan fingerprint density at radius 3 is 2.42 bits per heavy atom. The number of nitrogens with one attached hydrogen (secondary N) is 1. The van der Waals surface area contributed by atoms with E-state index >= 15 is 0 Å². The van der Waals surface area contributed by atoms with E-state index < -0.39 is 50.8 Å². The summed E-state index contributed by atoms with van der Waals surface area (Å²) in [5, 5.41) is 0. The van der Waals surface area contributed by atoms with Crippen LogP contribution in [-0.4, -0.2) is 46.7 Å². The third-order valence-corrected chi connectivity index (χ3v) is 5.79. The Morgan fingerprint density at radius 2 is 1.85 bits per heavy atom. The van der Waals surface area contributed by atoms with Crippen LogP contribution in [0.4, 0.5) is 13.2 Å². The molecule has 2 saturated heterocycles. The first-order valence-electron chi connectivity index (χ1n) is 8.32. The monoisotopic (exact) mass is 395 g/mol. The van der Waals surface area contributed by atoms with Crippen molar-refractivity contribution in [2.24, 2.45) is 0 Å². The smallest absolute Gasteiger partial charge is 0.242 e. The molecule has 1 atom stereocenters. The van der Waals surface area contributed by atoms with Crippen molar-refractivity contribution in [3.05, 3.63) is 23.8 Å². The first-order valence-corrected chi connectivity index (χ1v) is 9.80. The maximum Gasteiger partial charge on any atom is 0.242 e. The fourth-order valence-corrected chi connectivity index (χ4v) is 4.01. The lowest BCUT2D eigenvalue weighted by molar-refractivity contribution is -0.0335. The van der Waals surface area contributed by atoms with Gasteiger partial charge in [0, 0.05) is 32.7 Å². The molecule has 0 amide bonds. The second kappa shape index (κ2) is 7.71. The van der Waals surface area contributed by atoms with Crippen molar-refractivity contribution in [3.8, 4) is 5.75 Å². The van der Waals surface area contributed by atoms with E-state index in [2.05, 4.69) is 4.72 Å². The molecule has 1 N–H and O–H groups in total. The molecule has 0 aromatic heterocycles. The number of hydrogen-bond donors (Lipinski definition) is 1. The van der Waals surface area contributed by atoms with E-state index in [4.69, 9.17) is 14.2 Å². The first-order chi connectivity index (χ1) is 12.3. The maximum atomic E-state index is 14.4. The molecule has 6 nitrogen and oxygen atoms in total. The zero-order chi connectivity index (χ0) is 18.8. The molecule has 0 spiro atoms. The lowest BCUT2D eigenvalue weighted by atomic mass is 9.98. The van der Waals surface area contributed by atoms with Crippen LogP contribution in [0.5, 0.6) is 5.75 Å². The minimum absolute atomic E-state index is 0.0635. The van der Waals surface area contributed by atoms with Gasteiger partial charge in [-0.25, -0.2) is 21.6 Å². The highest BCUT2D eigenvalue weighted by Crippen LogP contribution is 2.30. The van der Waals surface area contributed by atoms with E-state index in [9.17, 15) is 21.6 Å². The Hall–Kier alpha value is -1.36. The van der Waals surface area contributed by atoms with Crippen LogP contribution >= 0.6 is 0 Å². The fourth-order valence-electron chi connectivity index (χ4n) is 2.82. The van der Waals surface area contributed by atoms with E-state index in [1.54, 1.807) is 0 Å². The molecular weight excluding hydrogens is 375 g/mol. The molecule has 0 aliphatic carbocycles. The molecule has 1 aromatic rings. The van der Waals surface area contributed by atoms with E-state index in [0.29, 0.717) is 31.6 Å². The number of benzene rings is 1. The van der Waals surface area contributed by atoms with Crippen LogP contribution in [0.2, 0.25) is 0 Å². The molecule has 1 unspecified atom stereocenters. The Labute approximate surface area is 149 Å². The van der Waals surface area contributed by atoms with Gasteiger partial charge < -0.3 is 14.2 Å². The van der Waals surface area contributed by atoms with Crippen molar-refractivity contribution in [1.82, 2.24) is 4.72 Å². The summed E-state index contributed by atoms with van der Waals surface area (Å²) in [4.78, 5) is -0.587. The molecule has 2 aliphatic heterocycles. The number of rotatable bonds is 6. The third kappa shape index (κ3) is 4.48. The SMILES string of the molecule is O=S(=O)(NC1CCCO1)c1cc(F)c(OCC2(F)CCOCC2)c(F)c1. The zero-order valence-electron chi connectivity index (χ0n) is 14.0. The quantitative estimate of drug-likeness (QED) is 0.800. The molecule has 26 heavy (non-hydrogen) atoms. The van der Waals surface area contributed by atoms with Gasteiger partial charge in [0.05, 0.1) is 4.90 Å². The largest absolute Gasteiger partial charge is 0.484 e. The lowest BCUT2D eigenvalue weighted by Gasteiger charge is -2.29. The molecule has 2 aliphatic rings. The van der Waals surface area contributed by atoms with Crippen LogP contribution in [0.25, 0.3) is 0 Å².